The SMILES string of the molecule is COC(=O)CCP(=O)(CC[C@H](NC(=O)OCc1ccccc1)C(=O)OC)OC. The van der Waals surface area contributed by atoms with Gasteiger partial charge in [0.1, 0.15) is 12.6 Å². The molecule has 0 heterocycles. The predicted molar refractivity (Wildman–Crippen MR) is 101 cm³/mol. The van der Waals surface area contributed by atoms with E-state index in [4.69, 9.17) is 9.26 Å². The van der Waals surface area contributed by atoms with Gasteiger partial charge in [0.15, 0.2) is 0 Å². The van der Waals surface area contributed by atoms with Gasteiger partial charge < -0.3 is 24.1 Å². The van der Waals surface area contributed by atoms with Crippen molar-refractivity contribution >= 4 is 25.4 Å². The molecule has 0 aliphatic carbocycles. The van der Waals surface area contributed by atoms with E-state index >= 15 is 0 Å². The summed E-state index contributed by atoms with van der Waals surface area (Å²) in [6.45, 7) is 0.0380. The summed E-state index contributed by atoms with van der Waals surface area (Å²) in [6, 6.07) is 7.98. The Bertz CT molecular complexity index is 694. The summed E-state index contributed by atoms with van der Waals surface area (Å²) in [6.07, 6.45) is -0.931. The minimum atomic E-state index is -3.18. The van der Waals surface area contributed by atoms with Crippen LogP contribution in [-0.2, 0) is 39.5 Å². The number of carbonyl (C=O) groups excluding carboxylic acids is 3. The first-order valence-electron chi connectivity index (χ1n) is 8.59. The average molecular weight is 415 g/mol. The molecule has 1 N–H and O–H groups in total. The van der Waals surface area contributed by atoms with Crippen molar-refractivity contribution in [1.29, 1.82) is 0 Å². The van der Waals surface area contributed by atoms with Gasteiger partial charge in [0.25, 0.3) is 0 Å². The van der Waals surface area contributed by atoms with Crippen molar-refractivity contribution in [1.82, 2.24) is 5.32 Å². The number of methoxy groups -OCH3 is 2. The Labute approximate surface area is 164 Å². The zero-order chi connectivity index (χ0) is 21.0. The molecule has 156 valence electrons. The van der Waals surface area contributed by atoms with Crippen LogP contribution in [0.15, 0.2) is 30.3 Å². The van der Waals surface area contributed by atoms with Crippen LogP contribution in [0, 0.1) is 0 Å². The van der Waals surface area contributed by atoms with Crippen molar-refractivity contribution in [3.8, 4) is 0 Å². The largest absolute Gasteiger partial charge is 0.469 e. The van der Waals surface area contributed by atoms with Gasteiger partial charge in [-0.3, -0.25) is 9.36 Å². The van der Waals surface area contributed by atoms with Crippen molar-refractivity contribution in [2.45, 2.75) is 25.5 Å². The number of esters is 2. The average Bonchev–Trinajstić information content (AvgIpc) is 2.73. The van der Waals surface area contributed by atoms with Crippen LogP contribution in [0.1, 0.15) is 18.4 Å². The molecule has 1 aromatic rings. The van der Waals surface area contributed by atoms with E-state index in [-0.39, 0.29) is 31.8 Å². The van der Waals surface area contributed by atoms with Crippen LogP contribution in [0.2, 0.25) is 0 Å². The molecule has 1 aromatic carbocycles. The first-order valence-corrected chi connectivity index (χ1v) is 10.6. The second-order valence-corrected chi connectivity index (χ2v) is 8.73. The summed E-state index contributed by atoms with van der Waals surface area (Å²) in [5, 5.41) is 2.41. The van der Waals surface area contributed by atoms with E-state index in [1.165, 1.54) is 21.3 Å². The molecule has 0 fully saturated rings. The number of hydrogen-bond acceptors (Lipinski definition) is 8. The third kappa shape index (κ3) is 8.54. The van der Waals surface area contributed by atoms with Crippen LogP contribution in [0.4, 0.5) is 4.79 Å². The molecular weight excluding hydrogens is 389 g/mol. The van der Waals surface area contributed by atoms with E-state index < -0.39 is 31.4 Å². The number of nitrogens with one attached hydrogen (secondary N) is 1. The smallest absolute Gasteiger partial charge is 0.408 e. The second kappa shape index (κ2) is 12.2. The summed E-state index contributed by atoms with van der Waals surface area (Å²) >= 11 is 0. The predicted octanol–water partition coefficient (Wildman–Crippen LogP) is 2.33. The number of alkyl carbamates (subject to hydrolysis) is 1. The maximum absolute atomic E-state index is 12.7. The summed E-state index contributed by atoms with van der Waals surface area (Å²) < 4.78 is 32.0. The van der Waals surface area contributed by atoms with Gasteiger partial charge in [0, 0.05) is 19.4 Å². The lowest BCUT2D eigenvalue weighted by molar-refractivity contribution is -0.143. The van der Waals surface area contributed by atoms with Crippen molar-refractivity contribution in [2.75, 3.05) is 33.7 Å². The van der Waals surface area contributed by atoms with E-state index in [0.29, 0.717) is 0 Å². The molecule has 1 unspecified atom stereocenters. The lowest BCUT2D eigenvalue weighted by atomic mass is 10.2. The zero-order valence-corrected chi connectivity index (χ0v) is 17.1. The summed E-state index contributed by atoms with van der Waals surface area (Å²) in [5.74, 6) is -1.21. The fourth-order valence-corrected chi connectivity index (χ4v) is 4.05. The van der Waals surface area contributed by atoms with Crippen LogP contribution < -0.4 is 5.32 Å². The topological polar surface area (TPSA) is 117 Å². The number of carbonyl (C=O) groups is 3. The van der Waals surface area contributed by atoms with Gasteiger partial charge in [-0.05, 0) is 12.0 Å². The first-order chi connectivity index (χ1) is 13.3. The molecule has 0 saturated heterocycles. The minimum absolute atomic E-state index is 0.000595. The Morgan fingerprint density at radius 2 is 1.71 bits per heavy atom. The van der Waals surface area contributed by atoms with Gasteiger partial charge in [-0.2, -0.15) is 0 Å². The fourth-order valence-electron chi connectivity index (χ4n) is 2.28. The molecule has 0 aromatic heterocycles. The van der Waals surface area contributed by atoms with Crippen molar-refractivity contribution in [2.24, 2.45) is 0 Å². The van der Waals surface area contributed by atoms with Gasteiger partial charge in [-0.1, -0.05) is 30.3 Å². The molecule has 0 aliphatic rings. The third-order valence-electron chi connectivity index (χ3n) is 3.97. The molecule has 0 bridgehead atoms. The Balaban J connectivity index is 2.61. The van der Waals surface area contributed by atoms with Crippen molar-refractivity contribution in [3.63, 3.8) is 0 Å². The van der Waals surface area contributed by atoms with Crippen LogP contribution >= 0.6 is 7.37 Å². The van der Waals surface area contributed by atoms with E-state index in [1.807, 2.05) is 18.2 Å². The normalized spacial score (nSPS) is 13.7. The molecule has 1 amide bonds. The quantitative estimate of drug-likeness (QED) is 0.332. The molecule has 0 aliphatic heterocycles. The van der Waals surface area contributed by atoms with E-state index in [0.717, 1.165) is 5.56 Å². The van der Waals surface area contributed by atoms with Crippen LogP contribution in [0.5, 0.6) is 0 Å². The molecule has 28 heavy (non-hydrogen) atoms. The maximum atomic E-state index is 12.7. The Morgan fingerprint density at radius 3 is 2.29 bits per heavy atom. The number of amides is 1. The lowest BCUT2D eigenvalue weighted by Crippen LogP contribution is -2.42. The van der Waals surface area contributed by atoms with Gasteiger partial charge >= 0.3 is 18.0 Å². The fraction of sp³-hybridized carbons (Fsp3) is 0.500. The van der Waals surface area contributed by atoms with Gasteiger partial charge in [-0.25, -0.2) is 9.59 Å². The highest BCUT2D eigenvalue weighted by atomic mass is 31.2. The lowest BCUT2D eigenvalue weighted by Gasteiger charge is -2.20. The zero-order valence-electron chi connectivity index (χ0n) is 16.2. The highest BCUT2D eigenvalue weighted by Gasteiger charge is 2.29. The molecular formula is C18H26NO8P. The summed E-state index contributed by atoms with van der Waals surface area (Å²) in [5.41, 5.74) is 0.791. The molecule has 0 saturated carbocycles. The first kappa shape index (κ1) is 23.7. The van der Waals surface area contributed by atoms with Crippen molar-refractivity contribution < 1.29 is 37.7 Å². The third-order valence-corrected chi connectivity index (χ3v) is 6.48. The molecule has 9 nitrogen and oxygen atoms in total. The van der Waals surface area contributed by atoms with Gasteiger partial charge in [-0.15, -0.1) is 0 Å². The summed E-state index contributed by atoms with van der Waals surface area (Å²) in [7, 11) is 0.506. The molecule has 0 spiro atoms. The van der Waals surface area contributed by atoms with Crippen molar-refractivity contribution in [3.05, 3.63) is 35.9 Å². The van der Waals surface area contributed by atoms with Crippen LogP contribution in [0.25, 0.3) is 0 Å². The number of rotatable bonds is 11. The monoisotopic (exact) mass is 415 g/mol. The Hall–Kier alpha value is -2.38. The molecule has 10 heteroatoms. The van der Waals surface area contributed by atoms with Crippen LogP contribution in [0.3, 0.4) is 0 Å². The highest BCUT2D eigenvalue weighted by Crippen LogP contribution is 2.47. The second-order valence-electron chi connectivity index (χ2n) is 5.84. The number of ether oxygens (including phenoxy) is 3. The van der Waals surface area contributed by atoms with Crippen LogP contribution in [-0.4, -0.2) is 57.7 Å². The Kier molecular flexibility index (Phi) is 10.3. The standard InChI is InChI=1S/C18H26NO8P/c1-24-16(20)10-12-28(23,26-3)11-9-15(17(21)25-2)19-18(22)27-13-14-7-5-4-6-8-14/h4-8,15H,9-13H2,1-3H3,(H,19,22)/t15-,28?/m0/s1. The summed E-state index contributed by atoms with van der Waals surface area (Å²) in [4.78, 5) is 35.2. The van der Waals surface area contributed by atoms with Gasteiger partial charge in [0.05, 0.1) is 20.6 Å². The molecule has 2 atom stereocenters. The highest BCUT2D eigenvalue weighted by molar-refractivity contribution is 7.59. The molecule has 0 radical (unpaired) electrons. The maximum Gasteiger partial charge on any atom is 0.408 e. The molecule has 1 rings (SSSR count). The number of hydrogen-bond donors (Lipinski definition) is 1. The van der Waals surface area contributed by atoms with E-state index in [1.54, 1.807) is 12.1 Å². The van der Waals surface area contributed by atoms with Gasteiger partial charge in [0.2, 0.25) is 7.37 Å². The minimum Gasteiger partial charge on any atom is -0.469 e. The number of benzene rings is 1. The van der Waals surface area contributed by atoms with E-state index in [9.17, 15) is 18.9 Å². The Morgan fingerprint density at radius 1 is 1.04 bits per heavy atom. The van der Waals surface area contributed by atoms with E-state index in [2.05, 4.69) is 14.8 Å².